The Hall–Kier alpha value is -1.50. The quantitative estimate of drug-likeness (QED) is 0.397. The van der Waals surface area contributed by atoms with Gasteiger partial charge in [0.1, 0.15) is 12.2 Å². The van der Waals surface area contributed by atoms with Crippen LogP contribution < -0.4 is 10.4 Å². The van der Waals surface area contributed by atoms with Crippen molar-refractivity contribution in [2.45, 2.75) is 44.3 Å². The fourth-order valence-corrected chi connectivity index (χ4v) is 8.43. The third-order valence-corrected chi connectivity index (χ3v) is 10.2. The molecule has 1 heterocycles. The van der Waals surface area contributed by atoms with E-state index >= 15 is 0 Å². The summed E-state index contributed by atoms with van der Waals surface area (Å²) in [5.41, 5.74) is 0. The van der Waals surface area contributed by atoms with Gasteiger partial charge in [-0.15, -0.1) is 0 Å². The second-order valence-electron chi connectivity index (χ2n) is 7.95. The predicted molar refractivity (Wildman–Crippen MR) is 110 cm³/mol. The van der Waals surface area contributed by atoms with Crippen molar-refractivity contribution in [1.82, 2.24) is 0 Å². The summed E-state index contributed by atoms with van der Waals surface area (Å²) in [5, 5.41) is 2.51. The van der Waals surface area contributed by atoms with Crippen LogP contribution in [-0.4, -0.2) is 47.6 Å². The van der Waals surface area contributed by atoms with Crippen LogP contribution in [0.15, 0.2) is 60.7 Å². The minimum atomic E-state index is -2.52. The van der Waals surface area contributed by atoms with E-state index in [1.165, 1.54) is 10.4 Å². The maximum absolute atomic E-state index is 6.86. The monoisotopic (exact) mass is 386 g/mol. The number of hydrogen-bond donors (Lipinski definition) is 0. The van der Waals surface area contributed by atoms with Crippen molar-refractivity contribution in [2.75, 3.05) is 20.8 Å². The first-order chi connectivity index (χ1) is 12.9. The van der Waals surface area contributed by atoms with Crippen molar-refractivity contribution in [1.29, 1.82) is 0 Å². The lowest BCUT2D eigenvalue weighted by Gasteiger charge is -2.43. The number of rotatable bonds is 8. The first-order valence-corrected chi connectivity index (χ1v) is 11.3. The molecule has 27 heavy (non-hydrogen) atoms. The molecule has 1 aliphatic rings. The molecule has 0 aliphatic carbocycles. The van der Waals surface area contributed by atoms with Gasteiger partial charge in [0.15, 0.2) is 6.29 Å². The first kappa shape index (κ1) is 20.2. The van der Waals surface area contributed by atoms with Crippen molar-refractivity contribution < 1.29 is 18.6 Å². The second-order valence-corrected chi connectivity index (χ2v) is 12.3. The molecule has 2 atom stereocenters. The lowest BCUT2D eigenvalue weighted by Crippen LogP contribution is -2.66. The Balaban J connectivity index is 1.93. The lowest BCUT2D eigenvalue weighted by atomic mass is 10.2. The zero-order chi connectivity index (χ0) is 19.5. The average Bonchev–Trinajstić information content (AvgIpc) is 3.43. The normalized spacial score (nSPS) is 20.1. The van der Waals surface area contributed by atoms with Crippen molar-refractivity contribution >= 4 is 18.7 Å². The van der Waals surface area contributed by atoms with Gasteiger partial charge in [0.25, 0.3) is 8.32 Å². The summed E-state index contributed by atoms with van der Waals surface area (Å²) in [6.07, 6.45) is -0.424. The van der Waals surface area contributed by atoms with E-state index in [-0.39, 0.29) is 23.5 Å². The molecule has 0 amide bonds. The number of epoxide rings is 1. The Bertz CT molecular complexity index is 671. The third-order valence-electron chi connectivity index (χ3n) is 5.24. The molecule has 2 aromatic carbocycles. The number of hydrogen-bond acceptors (Lipinski definition) is 4. The molecule has 1 aliphatic heterocycles. The van der Waals surface area contributed by atoms with Crippen LogP contribution in [0, 0.1) is 0 Å². The van der Waals surface area contributed by atoms with Gasteiger partial charge in [-0.3, -0.25) is 0 Å². The van der Waals surface area contributed by atoms with Crippen LogP contribution in [0.25, 0.3) is 0 Å². The van der Waals surface area contributed by atoms with E-state index in [9.17, 15) is 0 Å². The summed E-state index contributed by atoms with van der Waals surface area (Å²) < 4.78 is 23.3. The third kappa shape index (κ3) is 4.03. The van der Waals surface area contributed by atoms with E-state index in [0.717, 1.165) is 0 Å². The largest absolute Gasteiger partial charge is 0.405 e. The molecule has 1 saturated heterocycles. The van der Waals surface area contributed by atoms with E-state index in [0.29, 0.717) is 6.61 Å². The number of methoxy groups -OCH3 is 2. The van der Waals surface area contributed by atoms with Gasteiger partial charge in [-0.2, -0.15) is 0 Å². The smallest absolute Gasteiger partial charge is 0.261 e. The highest BCUT2D eigenvalue weighted by molar-refractivity contribution is 6.99. The Kier molecular flexibility index (Phi) is 6.18. The molecule has 0 radical (unpaired) electrons. The SMILES string of the molecule is COC(OC)[C@H]1O[C@@H]1CO[Si](c1ccccc1)(c1ccccc1)C(C)(C)C. The summed E-state index contributed by atoms with van der Waals surface area (Å²) in [7, 11) is 0.751. The molecule has 3 rings (SSSR count). The molecule has 0 saturated carbocycles. The minimum Gasteiger partial charge on any atom is -0.405 e. The number of benzene rings is 2. The highest BCUT2D eigenvalue weighted by Gasteiger charge is 2.53. The van der Waals surface area contributed by atoms with E-state index in [2.05, 4.69) is 81.4 Å². The van der Waals surface area contributed by atoms with Gasteiger partial charge < -0.3 is 18.6 Å². The lowest BCUT2D eigenvalue weighted by molar-refractivity contribution is -0.115. The van der Waals surface area contributed by atoms with Crippen LogP contribution in [-0.2, 0) is 18.6 Å². The fraction of sp³-hybridized carbons (Fsp3) is 0.455. The molecule has 0 N–H and O–H groups in total. The highest BCUT2D eigenvalue weighted by Crippen LogP contribution is 2.38. The highest BCUT2D eigenvalue weighted by atomic mass is 28.4. The second kappa shape index (κ2) is 8.25. The molecule has 2 aromatic rings. The van der Waals surface area contributed by atoms with Crippen LogP contribution in [0.5, 0.6) is 0 Å². The molecule has 1 fully saturated rings. The standard InChI is InChI=1S/C22H30O4Si/c1-22(2,3)27(17-12-8-6-9-13-17,18-14-10-7-11-15-18)25-16-19-20(26-19)21(23-4)24-5/h6-15,19-21H,16H2,1-5H3/t19-,20+/m1/s1. The molecular formula is C22H30O4Si. The van der Waals surface area contributed by atoms with Crippen molar-refractivity contribution in [2.24, 2.45) is 0 Å². The van der Waals surface area contributed by atoms with E-state index < -0.39 is 8.32 Å². The van der Waals surface area contributed by atoms with E-state index in [4.69, 9.17) is 18.6 Å². The summed E-state index contributed by atoms with van der Waals surface area (Å²) in [5.74, 6) is 0. The molecule has 4 nitrogen and oxygen atoms in total. The Morgan fingerprint density at radius 3 is 1.78 bits per heavy atom. The maximum atomic E-state index is 6.86. The zero-order valence-corrected chi connectivity index (χ0v) is 17.8. The van der Waals surface area contributed by atoms with Crippen molar-refractivity contribution in [3.63, 3.8) is 0 Å². The Morgan fingerprint density at radius 2 is 1.37 bits per heavy atom. The van der Waals surface area contributed by atoms with Gasteiger partial charge >= 0.3 is 0 Å². The molecule has 0 unspecified atom stereocenters. The van der Waals surface area contributed by atoms with Crippen LogP contribution >= 0.6 is 0 Å². The van der Waals surface area contributed by atoms with E-state index in [1.54, 1.807) is 14.2 Å². The fourth-order valence-electron chi connectivity index (χ4n) is 3.86. The summed E-state index contributed by atoms with van der Waals surface area (Å²) >= 11 is 0. The van der Waals surface area contributed by atoms with Crippen molar-refractivity contribution in [3.8, 4) is 0 Å². The molecule has 0 bridgehead atoms. The summed E-state index contributed by atoms with van der Waals surface area (Å²) in [6, 6.07) is 21.3. The summed E-state index contributed by atoms with van der Waals surface area (Å²) in [4.78, 5) is 0. The van der Waals surface area contributed by atoms with Crippen LogP contribution in [0.4, 0.5) is 0 Å². The average molecular weight is 387 g/mol. The molecule has 5 heteroatoms. The Morgan fingerprint density at radius 1 is 0.889 bits per heavy atom. The van der Waals surface area contributed by atoms with E-state index in [1.807, 2.05) is 0 Å². The van der Waals surface area contributed by atoms with Crippen molar-refractivity contribution in [3.05, 3.63) is 60.7 Å². The van der Waals surface area contributed by atoms with Gasteiger partial charge in [-0.25, -0.2) is 0 Å². The van der Waals surface area contributed by atoms with Gasteiger partial charge in [-0.05, 0) is 15.4 Å². The topological polar surface area (TPSA) is 40.2 Å². The predicted octanol–water partition coefficient (Wildman–Crippen LogP) is 2.95. The minimum absolute atomic E-state index is 0.00319. The van der Waals surface area contributed by atoms with Crippen LogP contribution in [0.3, 0.4) is 0 Å². The van der Waals surface area contributed by atoms with Gasteiger partial charge in [0.2, 0.25) is 0 Å². The van der Waals surface area contributed by atoms with Gasteiger partial charge in [0, 0.05) is 14.2 Å². The Labute approximate surface area is 163 Å². The molecule has 146 valence electrons. The first-order valence-electron chi connectivity index (χ1n) is 9.40. The molecular weight excluding hydrogens is 356 g/mol. The van der Waals surface area contributed by atoms with Crippen LogP contribution in [0.2, 0.25) is 5.04 Å². The molecule has 0 spiro atoms. The zero-order valence-electron chi connectivity index (χ0n) is 16.8. The van der Waals surface area contributed by atoms with Crippen LogP contribution in [0.1, 0.15) is 20.8 Å². The summed E-state index contributed by atoms with van der Waals surface area (Å²) in [6.45, 7) is 7.36. The van der Waals surface area contributed by atoms with Gasteiger partial charge in [0.05, 0.1) is 6.61 Å². The van der Waals surface area contributed by atoms with Gasteiger partial charge in [-0.1, -0.05) is 81.4 Å². The maximum Gasteiger partial charge on any atom is 0.261 e. The molecule has 0 aromatic heterocycles. The number of ether oxygens (including phenoxy) is 3.